The fraction of sp³-hybridized carbons (Fsp3) is 0.300. The summed E-state index contributed by atoms with van der Waals surface area (Å²) < 4.78 is 16.2. The molecule has 2 aromatic heterocycles. The fourth-order valence-electron chi connectivity index (χ4n) is 3.24. The number of fused-ring (bicyclic) bond motifs is 3. The number of hydrogen-bond acceptors (Lipinski definition) is 5. The van der Waals surface area contributed by atoms with E-state index in [0.717, 1.165) is 23.9 Å². The topological polar surface area (TPSA) is 59.2 Å². The largest absolute Gasteiger partial charge is 0.299 e. The molecule has 6 nitrogen and oxygen atoms in total. The second kappa shape index (κ2) is 7.00. The van der Waals surface area contributed by atoms with Crippen molar-refractivity contribution >= 4 is 5.71 Å². The van der Waals surface area contributed by atoms with Crippen molar-refractivity contribution < 1.29 is 4.39 Å². The maximum absolute atomic E-state index is 14.2. The Morgan fingerprint density at radius 3 is 2.78 bits per heavy atom. The summed E-state index contributed by atoms with van der Waals surface area (Å²) in [5.41, 5.74) is 2.89. The van der Waals surface area contributed by atoms with Crippen molar-refractivity contribution in [2.75, 3.05) is 13.6 Å². The van der Waals surface area contributed by atoms with Crippen LogP contribution in [0.1, 0.15) is 42.8 Å². The van der Waals surface area contributed by atoms with Gasteiger partial charge in [0, 0.05) is 11.8 Å². The standard InChI is InChI=1S/C20H21FN6/c1-4-26(3)12-18-24-25-20-13(2)23-19(16-7-5-6-10-22-16)15-11-14(21)8-9-17(15)27(18)20/h5-11,13H,4,12H2,1-3H3. The molecule has 3 aromatic rings. The zero-order valence-electron chi connectivity index (χ0n) is 15.6. The van der Waals surface area contributed by atoms with Crippen LogP contribution < -0.4 is 0 Å². The third kappa shape index (κ3) is 3.14. The van der Waals surface area contributed by atoms with Gasteiger partial charge in [-0.05, 0) is 50.8 Å². The Morgan fingerprint density at radius 2 is 2.04 bits per heavy atom. The highest BCUT2D eigenvalue weighted by molar-refractivity contribution is 6.14. The molecule has 1 aliphatic heterocycles. The highest BCUT2D eigenvalue weighted by atomic mass is 19.1. The van der Waals surface area contributed by atoms with Crippen molar-refractivity contribution in [3.63, 3.8) is 0 Å². The van der Waals surface area contributed by atoms with E-state index in [9.17, 15) is 4.39 Å². The smallest absolute Gasteiger partial charge is 0.162 e. The van der Waals surface area contributed by atoms with E-state index in [-0.39, 0.29) is 11.9 Å². The molecular weight excluding hydrogens is 343 g/mol. The van der Waals surface area contributed by atoms with E-state index in [4.69, 9.17) is 4.99 Å². The van der Waals surface area contributed by atoms with E-state index in [1.54, 1.807) is 12.3 Å². The fourth-order valence-corrected chi connectivity index (χ4v) is 3.24. The quantitative estimate of drug-likeness (QED) is 0.713. The first-order chi connectivity index (χ1) is 13.1. The molecule has 0 fully saturated rings. The first-order valence-electron chi connectivity index (χ1n) is 9.00. The van der Waals surface area contributed by atoms with Gasteiger partial charge in [0.2, 0.25) is 0 Å². The lowest BCUT2D eigenvalue weighted by Crippen LogP contribution is -2.20. The molecule has 0 N–H and O–H groups in total. The van der Waals surface area contributed by atoms with E-state index in [2.05, 4.69) is 27.0 Å². The summed E-state index contributed by atoms with van der Waals surface area (Å²) in [6.45, 7) is 5.60. The van der Waals surface area contributed by atoms with Crippen molar-refractivity contribution in [2.24, 2.45) is 4.99 Å². The summed E-state index contributed by atoms with van der Waals surface area (Å²) in [7, 11) is 2.03. The van der Waals surface area contributed by atoms with Crippen molar-refractivity contribution in [1.82, 2.24) is 24.6 Å². The van der Waals surface area contributed by atoms with Crippen LogP contribution in [-0.2, 0) is 6.54 Å². The van der Waals surface area contributed by atoms with Crippen molar-refractivity contribution in [3.05, 3.63) is 71.3 Å². The molecule has 138 valence electrons. The van der Waals surface area contributed by atoms with Gasteiger partial charge in [-0.1, -0.05) is 13.0 Å². The van der Waals surface area contributed by atoms with Crippen LogP contribution in [0.25, 0.3) is 5.69 Å². The molecule has 4 rings (SSSR count). The molecular formula is C20H21FN6. The SMILES string of the molecule is CCN(C)Cc1nnc2n1-c1ccc(F)cc1C(c1ccccn1)=NC2C. The molecule has 7 heteroatoms. The number of nitrogens with zero attached hydrogens (tertiary/aromatic N) is 6. The van der Waals surface area contributed by atoms with Gasteiger partial charge in [-0.15, -0.1) is 10.2 Å². The van der Waals surface area contributed by atoms with Gasteiger partial charge >= 0.3 is 0 Å². The zero-order valence-corrected chi connectivity index (χ0v) is 15.6. The predicted octanol–water partition coefficient (Wildman–Crippen LogP) is 3.17. The first-order valence-corrected chi connectivity index (χ1v) is 9.00. The van der Waals surface area contributed by atoms with Crippen LogP contribution in [0, 0.1) is 5.82 Å². The first kappa shape index (κ1) is 17.5. The normalized spacial score (nSPS) is 15.9. The third-order valence-electron chi connectivity index (χ3n) is 4.76. The molecule has 1 atom stereocenters. The number of halogens is 1. The van der Waals surface area contributed by atoms with Crippen LogP contribution in [0.3, 0.4) is 0 Å². The molecule has 0 radical (unpaired) electrons. The van der Waals surface area contributed by atoms with Crippen molar-refractivity contribution in [3.8, 4) is 5.69 Å². The summed E-state index contributed by atoms with van der Waals surface area (Å²) in [4.78, 5) is 11.4. The van der Waals surface area contributed by atoms with Crippen LogP contribution >= 0.6 is 0 Å². The lowest BCUT2D eigenvalue weighted by Gasteiger charge is -2.17. The number of aliphatic imine (C=N–C) groups is 1. The van der Waals surface area contributed by atoms with Crippen molar-refractivity contribution in [2.45, 2.75) is 26.4 Å². The molecule has 0 saturated carbocycles. The highest BCUT2D eigenvalue weighted by Crippen LogP contribution is 2.31. The molecule has 3 heterocycles. The predicted molar refractivity (Wildman–Crippen MR) is 102 cm³/mol. The van der Waals surface area contributed by atoms with Gasteiger partial charge < -0.3 is 0 Å². The van der Waals surface area contributed by atoms with E-state index < -0.39 is 0 Å². The maximum atomic E-state index is 14.2. The maximum Gasteiger partial charge on any atom is 0.162 e. The van der Waals surface area contributed by atoms with E-state index in [1.165, 1.54) is 12.1 Å². The number of rotatable bonds is 4. The lowest BCUT2D eigenvalue weighted by atomic mass is 10.0. The minimum Gasteiger partial charge on any atom is -0.299 e. The Bertz CT molecular complexity index is 995. The molecule has 0 spiro atoms. The van der Waals surface area contributed by atoms with E-state index in [1.807, 2.05) is 36.7 Å². The Kier molecular flexibility index (Phi) is 4.53. The molecule has 0 saturated heterocycles. The van der Waals surface area contributed by atoms with Crippen LogP contribution in [0.2, 0.25) is 0 Å². The van der Waals surface area contributed by atoms with Gasteiger partial charge in [0.05, 0.1) is 23.6 Å². The Hall–Kier alpha value is -2.93. The van der Waals surface area contributed by atoms with Gasteiger partial charge in [-0.25, -0.2) is 4.39 Å². The minimum absolute atomic E-state index is 0.231. The Labute approximate surface area is 157 Å². The minimum atomic E-state index is -0.311. The van der Waals surface area contributed by atoms with Gasteiger partial charge in [0.1, 0.15) is 11.9 Å². The van der Waals surface area contributed by atoms with Crippen molar-refractivity contribution in [1.29, 1.82) is 0 Å². The molecule has 1 unspecified atom stereocenters. The lowest BCUT2D eigenvalue weighted by molar-refractivity contribution is 0.333. The number of pyridine rings is 1. The summed E-state index contributed by atoms with van der Waals surface area (Å²) in [5, 5.41) is 8.79. The van der Waals surface area contributed by atoms with Gasteiger partial charge in [0.25, 0.3) is 0 Å². The number of aromatic nitrogens is 4. The molecule has 0 aliphatic carbocycles. The van der Waals surface area contributed by atoms with Crippen LogP contribution in [0.5, 0.6) is 0 Å². The van der Waals surface area contributed by atoms with E-state index in [0.29, 0.717) is 23.5 Å². The van der Waals surface area contributed by atoms with Crippen LogP contribution in [0.15, 0.2) is 47.6 Å². The number of hydrogen-bond donors (Lipinski definition) is 0. The molecule has 1 aliphatic rings. The summed E-state index contributed by atoms with van der Waals surface area (Å²) >= 11 is 0. The Morgan fingerprint density at radius 1 is 1.19 bits per heavy atom. The summed E-state index contributed by atoms with van der Waals surface area (Å²) in [5.74, 6) is 1.24. The van der Waals surface area contributed by atoms with E-state index >= 15 is 0 Å². The summed E-state index contributed by atoms with van der Waals surface area (Å²) in [6, 6.07) is 10.2. The molecule has 0 amide bonds. The molecule has 27 heavy (non-hydrogen) atoms. The highest BCUT2D eigenvalue weighted by Gasteiger charge is 2.27. The van der Waals surface area contributed by atoms with Crippen LogP contribution in [-0.4, -0.2) is 44.0 Å². The van der Waals surface area contributed by atoms with Gasteiger partial charge in [-0.2, -0.15) is 0 Å². The second-order valence-electron chi connectivity index (χ2n) is 6.67. The molecule has 0 bridgehead atoms. The zero-order chi connectivity index (χ0) is 19.0. The third-order valence-corrected chi connectivity index (χ3v) is 4.76. The summed E-state index contributed by atoms with van der Waals surface area (Å²) in [6.07, 6.45) is 1.72. The monoisotopic (exact) mass is 364 g/mol. The van der Waals surface area contributed by atoms with Crippen LogP contribution in [0.4, 0.5) is 4.39 Å². The average molecular weight is 364 g/mol. The number of benzene rings is 1. The Balaban J connectivity index is 1.95. The second-order valence-corrected chi connectivity index (χ2v) is 6.67. The average Bonchev–Trinajstić information content (AvgIpc) is 3.04. The molecule has 1 aromatic carbocycles. The van der Waals surface area contributed by atoms with Gasteiger partial charge in [0.15, 0.2) is 11.6 Å². The van der Waals surface area contributed by atoms with Gasteiger partial charge in [-0.3, -0.25) is 19.4 Å².